The van der Waals surface area contributed by atoms with Crippen molar-refractivity contribution in [2.45, 2.75) is 50.8 Å². The highest BCUT2D eigenvalue weighted by molar-refractivity contribution is 5.76. The number of likely N-dealkylation sites (tertiary alicyclic amines) is 1. The molecule has 26 heavy (non-hydrogen) atoms. The van der Waals surface area contributed by atoms with Gasteiger partial charge < -0.3 is 19.9 Å². The minimum atomic E-state index is -0.390. The van der Waals surface area contributed by atoms with Gasteiger partial charge in [-0.2, -0.15) is 0 Å². The lowest BCUT2D eigenvalue weighted by Gasteiger charge is -2.36. The number of aliphatic hydroxyl groups excluding tert-OH is 1. The van der Waals surface area contributed by atoms with Crippen LogP contribution in [0.2, 0.25) is 0 Å². The molecule has 2 aromatic rings. The number of benzene rings is 1. The highest BCUT2D eigenvalue weighted by Gasteiger charge is 2.44. The molecule has 3 fully saturated rings. The summed E-state index contributed by atoms with van der Waals surface area (Å²) >= 11 is 0. The average Bonchev–Trinajstić information content (AvgIpc) is 3.23. The molecule has 6 nitrogen and oxygen atoms in total. The molecule has 138 valence electrons. The minimum absolute atomic E-state index is 0.0371. The quantitative estimate of drug-likeness (QED) is 0.870. The van der Waals surface area contributed by atoms with Crippen molar-refractivity contribution in [3.05, 3.63) is 30.1 Å². The van der Waals surface area contributed by atoms with E-state index >= 15 is 0 Å². The van der Waals surface area contributed by atoms with Crippen LogP contribution in [0.4, 0.5) is 4.79 Å². The highest BCUT2D eigenvalue weighted by Crippen LogP contribution is 2.42. The normalized spacial score (nSPS) is 31.2. The number of imidazole rings is 1. The summed E-state index contributed by atoms with van der Waals surface area (Å²) in [5.41, 5.74) is 2.07. The van der Waals surface area contributed by atoms with E-state index in [9.17, 15) is 9.90 Å². The Balaban J connectivity index is 1.37. The number of aryl methyl sites for hydroxylation is 1. The van der Waals surface area contributed by atoms with Crippen molar-refractivity contribution in [2.24, 2.45) is 11.8 Å². The van der Waals surface area contributed by atoms with Gasteiger partial charge in [0.25, 0.3) is 0 Å². The van der Waals surface area contributed by atoms with Crippen molar-refractivity contribution in [1.29, 1.82) is 0 Å². The molecule has 0 unspecified atom stereocenters. The van der Waals surface area contributed by atoms with E-state index in [1.807, 2.05) is 30.0 Å². The molecule has 2 aliphatic carbocycles. The van der Waals surface area contributed by atoms with E-state index in [2.05, 4.69) is 20.9 Å². The highest BCUT2D eigenvalue weighted by atomic mass is 16.3. The third-order valence-electron chi connectivity index (χ3n) is 6.41. The maximum Gasteiger partial charge on any atom is 0.317 e. The maximum atomic E-state index is 12.4. The Bertz CT molecular complexity index is 843. The number of hydrogen-bond acceptors (Lipinski definition) is 3. The molecular weight excluding hydrogens is 328 g/mol. The predicted molar refractivity (Wildman–Crippen MR) is 98.9 cm³/mol. The van der Waals surface area contributed by atoms with Crippen LogP contribution in [0.1, 0.15) is 37.5 Å². The van der Waals surface area contributed by atoms with E-state index in [0.29, 0.717) is 17.9 Å². The first kappa shape index (κ1) is 16.1. The first-order chi connectivity index (χ1) is 12.6. The molecule has 6 heteroatoms. The number of carbonyl (C=O) groups is 1. The van der Waals surface area contributed by atoms with E-state index in [1.54, 1.807) is 0 Å². The molecule has 2 heterocycles. The topological polar surface area (TPSA) is 70.4 Å². The van der Waals surface area contributed by atoms with Gasteiger partial charge >= 0.3 is 6.03 Å². The molecule has 0 radical (unpaired) electrons. The molecule has 3 aliphatic rings. The number of urea groups is 1. The van der Waals surface area contributed by atoms with Crippen molar-refractivity contribution in [2.75, 3.05) is 13.1 Å². The minimum Gasteiger partial charge on any atom is -0.391 e. The summed E-state index contributed by atoms with van der Waals surface area (Å²) in [4.78, 5) is 19.0. The first-order valence-corrected chi connectivity index (χ1v) is 9.77. The van der Waals surface area contributed by atoms with Gasteiger partial charge in [-0.3, -0.25) is 0 Å². The van der Waals surface area contributed by atoms with Crippen molar-refractivity contribution in [3.8, 4) is 0 Å². The standard InChI is InChI=1S/C20H26N4O2/c1-12-21-16-4-2-3-5-17(16)24(12)18-8-13-10-23(11-14(13)9-19(18)25)20(26)22-15-6-7-15/h2-5,13-15,18-19,25H,6-11H2,1H3,(H,22,26)/t13-,14+,18-,19-/m0/s1. The Labute approximate surface area is 153 Å². The zero-order chi connectivity index (χ0) is 17.8. The number of nitrogens with one attached hydrogen (secondary N) is 1. The fourth-order valence-corrected chi connectivity index (χ4v) is 4.93. The number of aliphatic hydroxyl groups is 1. The van der Waals surface area contributed by atoms with Crippen LogP contribution in [0.3, 0.4) is 0 Å². The van der Waals surface area contributed by atoms with Crippen LogP contribution in [0.5, 0.6) is 0 Å². The second-order valence-corrected chi connectivity index (χ2v) is 8.27. The second kappa shape index (κ2) is 5.98. The fraction of sp³-hybridized carbons (Fsp3) is 0.600. The summed E-state index contributed by atoms with van der Waals surface area (Å²) in [6.07, 6.45) is 3.49. The molecule has 2 saturated carbocycles. The lowest BCUT2D eigenvalue weighted by Crippen LogP contribution is -2.39. The lowest BCUT2D eigenvalue weighted by atomic mass is 9.77. The summed E-state index contributed by atoms with van der Waals surface area (Å²) in [6, 6.07) is 8.64. The molecule has 1 saturated heterocycles. The lowest BCUT2D eigenvalue weighted by molar-refractivity contribution is 0.0366. The number of amides is 2. The van der Waals surface area contributed by atoms with Gasteiger partial charge in [-0.05, 0) is 56.6 Å². The van der Waals surface area contributed by atoms with Crippen molar-refractivity contribution in [3.63, 3.8) is 0 Å². The number of hydrogen-bond donors (Lipinski definition) is 2. The Morgan fingerprint density at radius 2 is 1.92 bits per heavy atom. The Kier molecular flexibility index (Phi) is 3.71. The van der Waals surface area contributed by atoms with Gasteiger partial charge in [-0.25, -0.2) is 9.78 Å². The zero-order valence-electron chi connectivity index (χ0n) is 15.1. The molecule has 5 rings (SSSR count). The zero-order valence-corrected chi connectivity index (χ0v) is 15.1. The van der Waals surface area contributed by atoms with E-state index in [0.717, 1.165) is 55.6 Å². The van der Waals surface area contributed by atoms with Crippen LogP contribution in [-0.4, -0.2) is 50.8 Å². The van der Waals surface area contributed by atoms with Gasteiger partial charge in [0, 0.05) is 19.1 Å². The number of carbonyl (C=O) groups excluding carboxylic acids is 1. The Morgan fingerprint density at radius 3 is 2.69 bits per heavy atom. The first-order valence-electron chi connectivity index (χ1n) is 9.77. The average molecular weight is 354 g/mol. The van der Waals surface area contributed by atoms with Crippen molar-refractivity contribution < 1.29 is 9.90 Å². The van der Waals surface area contributed by atoms with Gasteiger partial charge in [0.05, 0.1) is 23.2 Å². The Morgan fingerprint density at radius 1 is 1.19 bits per heavy atom. The predicted octanol–water partition coefficient (Wildman–Crippen LogP) is 2.46. The summed E-state index contributed by atoms with van der Waals surface area (Å²) in [5, 5.41) is 14.0. The molecule has 2 N–H and O–H groups in total. The van der Waals surface area contributed by atoms with Crippen LogP contribution in [0.25, 0.3) is 11.0 Å². The summed E-state index contributed by atoms with van der Waals surface area (Å²) in [7, 11) is 0. The molecule has 1 aliphatic heterocycles. The van der Waals surface area contributed by atoms with Gasteiger partial charge in [-0.15, -0.1) is 0 Å². The van der Waals surface area contributed by atoms with Crippen LogP contribution in [0.15, 0.2) is 24.3 Å². The largest absolute Gasteiger partial charge is 0.391 e. The third-order valence-corrected chi connectivity index (χ3v) is 6.41. The molecule has 0 bridgehead atoms. The van der Waals surface area contributed by atoms with Gasteiger partial charge in [-0.1, -0.05) is 12.1 Å². The molecule has 1 aromatic carbocycles. The van der Waals surface area contributed by atoms with Gasteiger partial charge in [0.15, 0.2) is 0 Å². The van der Waals surface area contributed by atoms with Crippen LogP contribution < -0.4 is 5.32 Å². The smallest absolute Gasteiger partial charge is 0.317 e. The number of fused-ring (bicyclic) bond motifs is 2. The van der Waals surface area contributed by atoms with Crippen LogP contribution >= 0.6 is 0 Å². The van der Waals surface area contributed by atoms with E-state index < -0.39 is 0 Å². The second-order valence-electron chi connectivity index (χ2n) is 8.27. The molecule has 1 aromatic heterocycles. The molecule has 2 amide bonds. The third kappa shape index (κ3) is 2.67. The van der Waals surface area contributed by atoms with Crippen molar-refractivity contribution in [1.82, 2.24) is 19.8 Å². The summed E-state index contributed by atoms with van der Waals surface area (Å²) in [5.74, 6) is 1.81. The summed E-state index contributed by atoms with van der Waals surface area (Å²) < 4.78 is 2.21. The van der Waals surface area contributed by atoms with Crippen LogP contribution in [-0.2, 0) is 0 Å². The number of nitrogens with zero attached hydrogens (tertiary/aromatic N) is 3. The van der Waals surface area contributed by atoms with E-state index in [-0.39, 0.29) is 18.2 Å². The number of aromatic nitrogens is 2. The molecular formula is C20H26N4O2. The number of para-hydroxylation sites is 2. The van der Waals surface area contributed by atoms with E-state index in [4.69, 9.17) is 0 Å². The molecule has 0 spiro atoms. The van der Waals surface area contributed by atoms with Crippen LogP contribution in [0, 0.1) is 18.8 Å². The van der Waals surface area contributed by atoms with Crippen molar-refractivity contribution >= 4 is 17.1 Å². The molecule has 4 atom stereocenters. The fourth-order valence-electron chi connectivity index (χ4n) is 4.93. The van der Waals surface area contributed by atoms with Gasteiger partial charge in [0.1, 0.15) is 5.82 Å². The monoisotopic (exact) mass is 354 g/mol. The number of rotatable bonds is 2. The summed E-state index contributed by atoms with van der Waals surface area (Å²) in [6.45, 7) is 3.59. The van der Waals surface area contributed by atoms with Gasteiger partial charge in [0.2, 0.25) is 0 Å². The SMILES string of the molecule is Cc1nc2ccccc2n1[C@H]1C[C@H]2CN(C(=O)NC3CC3)C[C@H]2C[C@@H]1O. The Hall–Kier alpha value is -2.08. The van der Waals surface area contributed by atoms with E-state index in [1.165, 1.54) is 0 Å². The maximum absolute atomic E-state index is 12.4.